The monoisotopic (exact) mass is 239 g/mol. The molecule has 3 heteroatoms. The molecule has 1 N–H and O–H groups in total. The van der Waals surface area contributed by atoms with Crippen LogP contribution in [0.5, 0.6) is 0 Å². The summed E-state index contributed by atoms with van der Waals surface area (Å²) >= 11 is 2.10. The predicted octanol–water partition coefficient (Wildman–Crippen LogP) is 3.29. The molecule has 1 aliphatic rings. The molecule has 0 unspecified atom stereocenters. The number of rotatable bonds is 7. The van der Waals surface area contributed by atoms with Crippen LogP contribution in [0.2, 0.25) is 0 Å². The van der Waals surface area contributed by atoms with Gasteiger partial charge in [0.15, 0.2) is 0 Å². The number of thioether (sulfide) groups is 1. The SMILES string of the molecule is c1cc(CNCCSCC2CCCC2)co1. The second-order valence-electron chi connectivity index (χ2n) is 4.53. The maximum absolute atomic E-state index is 5.01. The average molecular weight is 239 g/mol. The fraction of sp³-hybridized carbons (Fsp3) is 0.692. The number of furan rings is 1. The van der Waals surface area contributed by atoms with Gasteiger partial charge >= 0.3 is 0 Å². The van der Waals surface area contributed by atoms with Crippen molar-refractivity contribution in [2.75, 3.05) is 18.1 Å². The second kappa shape index (κ2) is 7.02. The van der Waals surface area contributed by atoms with E-state index in [1.165, 1.54) is 42.8 Å². The molecule has 1 aromatic heterocycles. The third kappa shape index (κ3) is 4.22. The molecule has 0 aromatic carbocycles. The molecule has 16 heavy (non-hydrogen) atoms. The summed E-state index contributed by atoms with van der Waals surface area (Å²) in [5.41, 5.74) is 1.24. The van der Waals surface area contributed by atoms with Gasteiger partial charge in [0.1, 0.15) is 0 Å². The summed E-state index contributed by atoms with van der Waals surface area (Å²) < 4.78 is 5.01. The minimum absolute atomic E-state index is 0.931. The van der Waals surface area contributed by atoms with Gasteiger partial charge < -0.3 is 9.73 Å². The third-order valence-electron chi connectivity index (χ3n) is 3.16. The maximum atomic E-state index is 5.01. The van der Waals surface area contributed by atoms with E-state index in [0.717, 1.165) is 19.0 Å². The number of nitrogens with one attached hydrogen (secondary N) is 1. The largest absolute Gasteiger partial charge is 0.472 e. The van der Waals surface area contributed by atoms with Crippen LogP contribution < -0.4 is 5.32 Å². The van der Waals surface area contributed by atoms with E-state index in [4.69, 9.17) is 4.42 Å². The topological polar surface area (TPSA) is 25.2 Å². The van der Waals surface area contributed by atoms with Gasteiger partial charge in [0, 0.05) is 24.4 Å². The van der Waals surface area contributed by atoms with Crippen LogP contribution in [0, 0.1) is 5.92 Å². The summed E-state index contributed by atoms with van der Waals surface area (Å²) in [7, 11) is 0. The Morgan fingerprint density at radius 1 is 1.38 bits per heavy atom. The first-order chi connectivity index (χ1) is 7.95. The first kappa shape index (κ1) is 12.1. The molecule has 2 nitrogen and oxygen atoms in total. The zero-order valence-electron chi connectivity index (χ0n) is 9.78. The molecule has 1 aromatic rings. The van der Waals surface area contributed by atoms with Crippen molar-refractivity contribution in [2.45, 2.75) is 32.2 Å². The van der Waals surface area contributed by atoms with Crippen LogP contribution in [-0.2, 0) is 6.54 Å². The lowest BCUT2D eigenvalue weighted by Crippen LogP contribution is -2.16. The molecule has 0 saturated heterocycles. The van der Waals surface area contributed by atoms with E-state index < -0.39 is 0 Å². The van der Waals surface area contributed by atoms with E-state index in [9.17, 15) is 0 Å². The Hall–Kier alpha value is -0.410. The molecule has 0 atom stereocenters. The van der Waals surface area contributed by atoms with Crippen LogP contribution >= 0.6 is 11.8 Å². The zero-order valence-corrected chi connectivity index (χ0v) is 10.6. The van der Waals surface area contributed by atoms with E-state index in [0.29, 0.717) is 0 Å². The zero-order chi connectivity index (χ0) is 11.1. The summed E-state index contributed by atoms with van der Waals surface area (Å²) in [6.07, 6.45) is 9.39. The molecule has 0 amide bonds. The first-order valence-corrected chi connectivity index (χ1v) is 7.40. The van der Waals surface area contributed by atoms with Gasteiger partial charge in [0.25, 0.3) is 0 Å². The van der Waals surface area contributed by atoms with Gasteiger partial charge in [-0.15, -0.1) is 0 Å². The van der Waals surface area contributed by atoms with Gasteiger partial charge in [0.05, 0.1) is 12.5 Å². The van der Waals surface area contributed by atoms with Crippen molar-refractivity contribution in [2.24, 2.45) is 5.92 Å². The molecule has 1 saturated carbocycles. The fourth-order valence-electron chi connectivity index (χ4n) is 2.20. The normalized spacial score (nSPS) is 17.0. The van der Waals surface area contributed by atoms with Crippen molar-refractivity contribution >= 4 is 11.8 Å². The van der Waals surface area contributed by atoms with Crippen LogP contribution in [0.15, 0.2) is 23.0 Å². The summed E-state index contributed by atoms with van der Waals surface area (Å²) in [5, 5.41) is 3.43. The predicted molar refractivity (Wildman–Crippen MR) is 69.7 cm³/mol. The van der Waals surface area contributed by atoms with Gasteiger partial charge in [0.2, 0.25) is 0 Å². The molecule has 1 fully saturated rings. The Morgan fingerprint density at radius 2 is 2.25 bits per heavy atom. The lowest BCUT2D eigenvalue weighted by atomic mass is 10.1. The second-order valence-corrected chi connectivity index (χ2v) is 5.68. The standard InChI is InChI=1S/C13H21NOS/c1-2-4-12(3-1)11-16-8-6-14-9-13-5-7-15-10-13/h5,7,10,12,14H,1-4,6,8-9,11H2. The molecule has 2 rings (SSSR count). The summed E-state index contributed by atoms with van der Waals surface area (Å²) in [6.45, 7) is 2.03. The number of hydrogen-bond acceptors (Lipinski definition) is 3. The Labute approximate surface area is 102 Å². The van der Waals surface area contributed by atoms with Gasteiger partial charge in [-0.05, 0) is 30.6 Å². The summed E-state index contributed by atoms with van der Waals surface area (Å²) in [4.78, 5) is 0. The van der Waals surface area contributed by atoms with E-state index in [1.807, 2.05) is 6.07 Å². The molecule has 0 bridgehead atoms. The minimum atomic E-state index is 0.931. The number of hydrogen-bond donors (Lipinski definition) is 1. The molecule has 1 aliphatic carbocycles. The molecule has 1 heterocycles. The smallest absolute Gasteiger partial charge is 0.0947 e. The Morgan fingerprint density at radius 3 is 3.00 bits per heavy atom. The molecule has 0 spiro atoms. The van der Waals surface area contributed by atoms with Crippen molar-refractivity contribution in [3.63, 3.8) is 0 Å². The first-order valence-electron chi connectivity index (χ1n) is 6.24. The van der Waals surface area contributed by atoms with Crippen molar-refractivity contribution in [1.29, 1.82) is 0 Å². The summed E-state index contributed by atoms with van der Waals surface area (Å²) in [6, 6.07) is 2.01. The minimum Gasteiger partial charge on any atom is -0.472 e. The fourth-order valence-corrected chi connectivity index (χ4v) is 3.32. The van der Waals surface area contributed by atoms with Crippen LogP contribution in [0.4, 0.5) is 0 Å². The highest BCUT2D eigenvalue weighted by Crippen LogP contribution is 2.27. The Kier molecular flexibility index (Phi) is 5.29. The van der Waals surface area contributed by atoms with Crippen molar-refractivity contribution < 1.29 is 4.42 Å². The van der Waals surface area contributed by atoms with Gasteiger partial charge in [-0.1, -0.05) is 12.8 Å². The van der Waals surface area contributed by atoms with E-state index >= 15 is 0 Å². The average Bonchev–Trinajstić information content (AvgIpc) is 2.96. The maximum Gasteiger partial charge on any atom is 0.0947 e. The van der Waals surface area contributed by atoms with E-state index in [2.05, 4.69) is 17.1 Å². The van der Waals surface area contributed by atoms with Crippen LogP contribution in [0.1, 0.15) is 31.2 Å². The van der Waals surface area contributed by atoms with Crippen LogP contribution in [-0.4, -0.2) is 18.1 Å². The molecular weight excluding hydrogens is 218 g/mol. The van der Waals surface area contributed by atoms with Crippen molar-refractivity contribution in [3.05, 3.63) is 24.2 Å². The molecular formula is C13H21NOS. The van der Waals surface area contributed by atoms with Gasteiger partial charge in [-0.2, -0.15) is 11.8 Å². The van der Waals surface area contributed by atoms with Crippen LogP contribution in [0.25, 0.3) is 0 Å². The highest BCUT2D eigenvalue weighted by molar-refractivity contribution is 7.99. The Balaban J connectivity index is 1.43. The van der Waals surface area contributed by atoms with E-state index in [1.54, 1.807) is 12.5 Å². The van der Waals surface area contributed by atoms with Crippen LogP contribution in [0.3, 0.4) is 0 Å². The van der Waals surface area contributed by atoms with E-state index in [-0.39, 0.29) is 0 Å². The molecule has 90 valence electrons. The molecule has 0 radical (unpaired) electrons. The van der Waals surface area contributed by atoms with Gasteiger partial charge in [-0.25, -0.2) is 0 Å². The third-order valence-corrected chi connectivity index (χ3v) is 4.36. The summed E-state index contributed by atoms with van der Waals surface area (Å²) in [5.74, 6) is 3.61. The van der Waals surface area contributed by atoms with Crippen molar-refractivity contribution in [1.82, 2.24) is 5.32 Å². The lowest BCUT2D eigenvalue weighted by Gasteiger charge is -2.08. The van der Waals surface area contributed by atoms with Gasteiger partial charge in [-0.3, -0.25) is 0 Å². The lowest BCUT2D eigenvalue weighted by molar-refractivity contribution is 0.561. The highest BCUT2D eigenvalue weighted by atomic mass is 32.2. The highest BCUT2D eigenvalue weighted by Gasteiger charge is 2.14. The molecule has 0 aliphatic heterocycles. The van der Waals surface area contributed by atoms with Crippen molar-refractivity contribution in [3.8, 4) is 0 Å². The Bertz CT molecular complexity index is 267. The quantitative estimate of drug-likeness (QED) is 0.739.